The van der Waals surface area contributed by atoms with Crippen molar-refractivity contribution in [2.24, 2.45) is 7.05 Å². The first-order valence-corrected chi connectivity index (χ1v) is 9.08. The third-order valence-corrected chi connectivity index (χ3v) is 4.75. The predicted octanol–water partition coefficient (Wildman–Crippen LogP) is 4.76. The molecule has 27 heavy (non-hydrogen) atoms. The molecule has 0 fully saturated rings. The van der Waals surface area contributed by atoms with Gasteiger partial charge in [0.05, 0.1) is 4.47 Å². The minimum absolute atomic E-state index is 0.256. The molecule has 2 aromatic heterocycles. The molecule has 0 aliphatic carbocycles. The van der Waals surface area contributed by atoms with E-state index in [9.17, 15) is 4.79 Å². The van der Waals surface area contributed by atoms with Crippen LogP contribution < -0.4 is 10.1 Å². The van der Waals surface area contributed by atoms with Gasteiger partial charge in [-0.3, -0.25) is 4.79 Å². The number of amides is 1. The van der Waals surface area contributed by atoms with Crippen LogP contribution in [0.4, 0.5) is 5.69 Å². The number of aromatic nitrogens is 2. The number of fused-ring (bicyclic) bond motifs is 1. The summed E-state index contributed by atoms with van der Waals surface area (Å²) in [6.07, 6.45) is 3.60. The Morgan fingerprint density at radius 3 is 2.78 bits per heavy atom. The molecule has 0 unspecified atom stereocenters. The summed E-state index contributed by atoms with van der Waals surface area (Å²) in [4.78, 5) is 16.6. The molecule has 1 amide bonds. The van der Waals surface area contributed by atoms with Crippen LogP contribution in [0.5, 0.6) is 5.75 Å². The molecule has 7 heteroatoms. The van der Waals surface area contributed by atoms with E-state index in [0.29, 0.717) is 23.6 Å². The van der Waals surface area contributed by atoms with Gasteiger partial charge in [-0.2, -0.15) is 0 Å². The second-order valence-electron chi connectivity index (χ2n) is 5.99. The highest BCUT2D eigenvalue weighted by atomic mass is 79.9. The van der Waals surface area contributed by atoms with E-state index < -0.39 is 0 Å². The number of hydrogen-bond donors (Lipinski definition) is 1. The topological polar surface area (TPSA) is 69.3 Å². The summed E-state index contributed by atoms with van der Waals surface area (Å²) < 4.78 is 14.1. The summed E-state index contributed by atoms with van der Waals surface area (Å²) in [5, 5.41) is 3.69. The summed E-state index contributed by atoms with van der Waals surface area (Å²) in [6, 6.07) is 14.5. The third-order valence-electron chi connectivity index (χ3n) is 4.12. The SMILES string of the molecule is Cn1ccnc1COc1ccc(NC(=O)c2cc3cccc(Br)c3o2)cc1. The summed E-state index contributed by atoms with van der Waals surface area (Å²) in [5.41, 5.74) is 1.31. The van der Waals surface area contributed by atoms with Crippen molar-refractivity contribution in [1.82, 2.24) is 9.55 Å². The number of benzene rings is 2. The molecule has 2 heterocycles. The largest absolute Gasteiger partial charge is 0.486 e. The first-order chi connectivity index (χ1) is 13.1. The number of nitrogens with zero attached hydrogens (tertiary/aromatic N) is 2. The van der Waals surface area contributed by atoms with Crippen LogP contribution in [0.2, 0.25) is 0 Å². The number of anilines is 1. The summed E-state index contributed by atoms with van der Waals surface area (Å²) >= 11 is 3.42. The Morgan fingerprint density at radius 2 is 2.07 bits per heavy atom. The quantitative estimate of drug-likeness (QED) is 0.500. The van der Waals surface area contributed by atoms with Crippen molar-refractivity contribution in [3.8, 4) is 5.75 Å². The summed E-state index contributed by atoms with van der Waals surface area (Å²) in [6.45, 7) is 0.378. The Hall–Kier alpha value is -3.06. The van der Waals surface area contributed by atoms with Crippen LogP contribution >= 0.6 is 15.9 Å². The van der Waals surface area contributed by atoms with Gasteiger partial charge in [-0.25, -0.2) is 4.98 Å². The maximum absolute atomic E-state index is 12.4. The molecule has 1 N–H and O–H groups in total. The average Bonchev–Trinajstić information content (AvgIpc) is 3.28. The molecule has 0 aliphatic heterocycles. The van der Waals surface area contributed by atoms with Gasteiger partial charge in [-0.1, -0.05) is 12.1 Å². The number of nitrogens with one attached hydrogen (secondary N) is 1. The van der Waals surface area contributed by atoms with Crippen molar-refractivity contribution in [1.29, 1.82) is 0 Å². The maximum atomic E-state index is 12.4. The van der Waals surface area contributed by atoms with Crippen LogP contribution in [0.1, 0.15) is 16.4 Å². The molecule has 0 atom stereocenters. The van der Waals surface area contributed by atoms with E-state index in [0.717, 1.165) is 15.7 Å². The lowest BCUT2D eigenvalue weighted by atomic mass is 10.2. The number of halogens is 1. The average molecular weight is 426 g/mol. The monoisotopic (exact) mass is 425 g/mol. The number of furan rings is 1. The highest BCUT2D eigenvalue weighted by Gasteiger charge is 2.14. The van der Waals surface area contributed by atoms with Gasteiger partial charge in [0.25, 0.3) is 5.91 Å². The van der Waals surface area contributed by atoms with Crippen LogP contribution in [0, 0.1) is 0 Å². The lowest BCUT2D eigenvalue weighted by molar-refractivity contribution is 0.0998. The van der Waals surface area contributed by atoms with Gasteiger partial charge in [-0.05, 0) is 52.3 Å². The zero-order valence-corrected chi connectivity index (χ0v) is 16.1. The van der Waals surface area contributed by atoms with Crippen LogP contribution in [0.25, 0.3) is 11.0 Å². The standard InChI is InChI=1S/C20H16BrN3O3/c1-24-10-9-22-18(24)12-26-15-7-5-14(6-8-15)23-20(25)17-11-13-3-2-4-16(21)19(13)27-17/h2-11H,12H2,1H3,(H,23,25). The van der Waals surface area contributed by atoms with E-state index in [1.807, 2.05) is 36.0 Å². The fraction of sp³-hybridized carbons (Fsp3) is 0.100. The molecule has 136 valence electrons. The molecule has 0 aliphatic rings. The minimum atomic E-state index is -0.306. The summed E-state index contributed by atoms with van der Waals surface area (Å²) in [5.74, 6) is 1.49. The molecular weight excluding hydrogens is 410 g/mol. The minimum Gasteiger partial charge on any atom is -0.486 e. The van der Waals surface area contributed by atoms with Crippen molar-refractivity contribution >= 4 is 38.5 Å². The normalized spacial score (nSPS) is 10.9. The molecule has 0 bridgehead atoms. The zero-order valence-electron chi connectivity index (χ0n) is 14.5. The van der Waals surface area contributed by atoms with Crippen LogP contribution in [-0.4, -0.2) is 15.5 Å². The highest BCUT2D eigenvalue weighted by molar-refractivity contribution is 9.10. The molecule has 4 aromatic rings. The van der Waals surface area contributed by atoms with Gasteiger partial charge in [0.1, 0.15) is 23.8 Å². The van der Waals surface area contributed by atoms with Crippen LogP contribution in [0.3, 0.4) is 0 Å². The van der Waals surface area contributed by atoms with Crippen molar-refractivity contribution < 1.29 is 13.9 Å². The second kappa shape index (κ2) is 7.28. The third kappa shape index (κ3) is 3.73. The summed E-state index contributed by atoms with van der Waals surface area (Å²) in [7, 11) is 1.92. The fourth-order valence-electron chi connectivity index (χ4n) is 2.65. The molecular formula is C20H16BrN3O3. The molecule has 0 spiro atoms. The van der Waals surface area contributed by atoms with E-state index >= 15 is 0 Å². The number of carbonyl (C=O) groups is 1. The van der Waals surface area contributed by atoms with E-state index in [2.05, 4.69) is 26.2 Å². The van der Waals surface area contributed by atoms with Crippen molar-refractivity contribution in [2.75, 3.05) is 5.32 Å². The lowest BCUT2D eigenvalue weighted by Gasteiger charge is -2.08. The number of imidazole rings is 1. The first-order valence-electron chi connectivity index (χ1n) is 8.28. The van der Waals surface area contributed by atoms with Crippen LogP contribution in [0.15, 0.2) is 69.8 Å². The molecule has 0 saturated carbocycles. The van der Waals surface area contributed by atoms with Gasteiger partial charge in [0, 0.05) is 30.5 Å². The van der Waals surface area contributed by atoms with E-state index in [4.69, 9.17) is 9.15 Å². The number of para-hydroxylation sites is 1. The van der Waals surface area contributed by atoms with Gasteiger partial charge in [-0.15, -0.1) is 0 Å². The fourth-order valence-corrected chi connectivity index (χ4v) is 3.11. The van der Waals surface area contributed by atoms with Crippen molar-refractivity contribution in [2.45, 2.75) is 6.61 Å². The molecule has 4 rings (SSSR count). The molecule has 6 nitrogen and oxygen atoms in total. The number of carbonyl (C=O) groups excluding carboxylic acids is 1. The Morgan fingerprint density at radius 1 is 1.26 bits per heavy atom. The van der Waals surface area contributed by atoms with Gasteiger partial charge < -0.3 is 19.0 Å². The molecule has 0 saturated heterocycles. The number of ether oxygens (including phenoxy) is 1. The van der Waals surface area contributed by atoms with E-state index in [-0.39, 0.29) is 11.7 Å². The molecule has 0 radical (unpaired) electrons. The number of aryl methyl sites for hydroxylation is 1. The van der Waals surface area contributed by atoms with Crippen molar-refractivity contribution in [3.63, 3.8) is 0 Å². The lowest BCUT2D eigenvalue weighted by Crippen LogP contribution is -2.10. The predicted molar refractivity (Wildman–Crippen MR) is 106 cm³/mol. The molecule has 2 aromatic carbocycles. The first kappa shape index (κ1) is 17.4. The Bertz CT molecular complexity index is 1100. The van der Waals surface area contributed by atoms with Crippen LogP contribution in [-0.2, 0) is 13.7 Å². The Balaban J connectivity index is 1.42. The van der Waals surface area contributed by atoms with E-state index in [1.165, 1.54) is 0 Å². The van der Waals surface area contributed by atoms with Gasteiger partial charge in [0.2, 0.25) is 0 Å². The second-order valence-corrected chi connectivity index (χ2v) is 6.84. The zero-order chi connectivity index (χ0) is 18.8. The smallest absolute Gasteiger partial charge is 0.291 e. The van der Waals surface area contributed by atoms with Crippen molar-refractivity contribution in [3.05, 3.63) is 77.0 Å². The number of rotatable bonds is 5. The number of hydrogen-bond acceptors (Lipinski definition) is 4. The Labute approximate surface area is 163 Å². The Kier molecular flexibility index (Phi) is 4.68. The van der Waals surface area contributed by atoms with Gasteiger partial charge in [0.15, 0.2) is 5.76 Å². The maximum Gasteiger partial charge on any atom is 0.291 e. The van der Waals surface area contributed by atoms with Gasteiger partial charge >= 0.3 is 0 Å². The van der Waals surface area contributed by atoms with E-state index in [1.54, 1.807) is 36.5 Å². The highest BCUT2D eigenvalue weighted by Crippen LogP contribution is 2.27.